The van der Waals surface area contributed by atoms with E-state index in [4.69, 9.17) is 10.5 Å². The Hall–Kier alpha value is -1.36. The first kappa shape index (κ1) is 11.1. The fourth-order valence-corrected chi connectivity index (χ4v) is 1.64. The second kappa shape index (κ2) is 3.59. The molecule has 2 rings (SSSR count). The van der Waals surface area contributed by atoms with E-state index in [1.807, 2.05) is 0 Å². The minimum Gasteiger partial charge on any atom is -0.505 e. The van der Waals surface area contributed by atoms with Crippen LogP contribution in [0.4, 0.5) is 8.78 Å². The lowest BCUT2D eigenvalue weighted by Crippen LogP contribution is -2.25. The zero-order chi connectivity index (χ0) is 11.9. The molecule has 3 N–H and O–H groups in total. The third-order valence-electron chi connectivity index (χ3n) is 2.88. The van der Waals surface area contributed by atoms with E-state index < -0.39 is 22.9 Å². The number of phenols is 1. The predicted octanol–water partition coefficient (Wildman–Crippen LogP) is 1.71. The summed E-state index contributed by atoms with van der Waals surface area (Å²) in [5, 5.41) is 9.29. The van der Waals surface area contributed by atoms with Crippen molar-refractivity contribution in [1.29, 1.82) is 0 Å². The molecule has 3 nitrogen and oxygen atoms in total. The van der Waals surface area contributed by atoms with Crippen molar-refractivity contribution in [2.45, 2.75) is 24.8 Å². The quantitative estimate of drug-likeness (QED) is 0.829. The molecular formula is C11H13F2NO2. The molecular weight excluding hydrogens is 216 g/mol. The van der Waals surface area contributed by atoms with Gasteiger partial charge in [0.05, 0.1) is 7.11 Å². The summed E-state index contributed by atoms with van der Waals surface area (Å²) in [6.07, 6.45) is 1.56. The summed E-state index contributed by atoms with van der Waals surface area (Å²) in [5.41, 5.74) is 5.08. The van der Waals surface area contributed by atoms with Crippen LogP contribution in [0.25, 0.3) is 0 Å². The monoisotopic (exact) mass is 229 g/mol. The number of halogens is 2. The highest BCUT2D eigenvalue weighted by Crippen LogP contribution is 2.39. The fraction of sp³-hybridized carbons (Fsp3) is 0.455. The second-order valence-corrected chi connectivity index (χ2v) is 4.24. The molecule has 1 aliphatic rings. The van der Waals surface area contributed by atoms with E-state index >= 15 is 0 Å². The van der Waals surface area contributed by atoms with Crippen LogP contribution in [-0.2, 0) is 6.42 Å². The van der Waals surface area contributed by atoms with E-state index in [-0.39, 0.29) is 17.7 Å². The zero-order valence-corrected chi connectivity index (χ0v) is 8.89. The third-order valence-corrected chi connectivity index (χ3v) is 2.88. The van der Waals surface area contributed by atoms with Crippen LogP contribution in [0.5, 0.6) is 11.5 Å². The van der Waals surface area contributed by atoms with Crippen molar-refractivity contribution < 1.29 is 18.6 Å². The Labute approximate surface area is 91.8 Å². The number of benzene rings is 1. The first-order valence-corrected chi connectivity index (χ1v) is 4.99. The van der Waals surface area contributed by atoms with Crippen molar-refractivity contribution in [3.8, 4) is 11.5 Å². The average molecular weight is 229 g/mol. The summed E-state index contributed by atoms with van der Waals surface area (Å²) < 4.78 is 32.0. The Morgan fingerprint density at radius 3 is 2.56 bits per heavy atom. The molecule has 0 amide bonds. The highest BCUT2D eigenvalue weighted by Gasteiger charge is 2.40. The van der Waals surface area contributed by atoms with Crippen LogP contribution >= 0.6 is 0 Å². The number of nitrogens with two attached hydrogens (primary N) is 1. The van der Waals surface area contributed by atoms with E-state index in [0.717, 1.165) is 18.9 Å². The van der Waals surface area contributed by atoms with Crippen LogP contribution in [0.3, 0.4) is 0 Å². The SMILES string of the molecule is COc1cc(O)c(F)c(CC2(N)CC2)c1F. The molecule has 1 aliphatic carbocycles. The molecule has 0 heterocycles. The topological polar surface area (TPSA) is 55.5 Å². The molecule has 0 spiro atoms. The molecule has 1 aromatic carbocycles. The lowest BCUT2D eigenvalue weighted by Gasteiger charge is -2.13. The van der Waals surface area contributed by atoms with Gasteiger partial charge in [-0.2, -0.15) is 0 Å². The molecule has 1 saturated carbocycles. The number of hydrogen-bond acceptors (Lipinski definition) is 3. The Bertz CT molecular complexity index is 430. The van der Waals surface area contributed by atoms with Gasteiger partial charge in [-0.1, -0.05) is 0 Å². The van der Waals surface area contributed by atoms with Gasteiger partial charge < -0.3 is 15.6 Å². The first-order chi connectivity index (χ1) is 7.47. The summed E-state index contributed by atoms with van der Waals surface area (Å²) in [6.45, 7) is 0. The van der Waals surface area contributed by atoms with Gasteiger partial charge in [0.25, 0.3) is 0 Å². The lowest BCUT2D eigenvalue weighted by molar-refractivity contribution is 0.364. The normalized spacial score (nSPS) is 17.2. The summed E-state index contributed by atoms with van der Waals surface area (Å²) >= 11 is 0. The smallest absolute Gasteiger partial charge is 0.171 e. The largest absolute Gasteiger partial charge is 0.505 e. The molecule has 0 aromatic heterocycles. The maximum absolute atomic E-state index is 13.7. The van der Waals surface area contributed by atoms with Gasteiger partial charge >= 0.3 is 0 Å². The van der Waals surface area contributed by atoms with E-state index in [2.05, 4.69) is 0 Å². The number of rotatable bonds is 3. The minimum absolute atomic E-state index is 0.0788. The number of aromatic hydroxyl groups is 1. The van der Waals surface area contributed by atoms with Crippen LogP contribution in [0.2, 0.25) is 0 Å². The molecule has 0 unspecified atom stereocenters. The summed E-state index contributed by atoms with van der Waals surface area (Å²) in [7, 11) is 1.26. The van der Waals surface area contributed by atoms with Crippen molar-refractivity contribution >= 4 is 0 Å². The van der Waals surface area contributed by atoms with Crippen molar-refractivity contribution in [3.05, 3.63) is 23.3 Å². The van der Waals surface area contributed by atoms with Gasteiger partial charge in [-0.25, -0.2) is 8.78 Å². The van der Waals surface area contributed by atoms with Gasteiger partial charge in [0.1, 0.15) is 0 Å². The molecule has 16 heavy (non-hydrogen) atoms. The predicted molar refractivity (Wildman–Crippen MR) is 54.4 cm³/mol. The van der Waals surface area contributed by atoms with Gasteiger partial charge in [-0.05, 0) is 19.3 Å². The maximum atomic E-state index is 13.7. The molecule has 5 heteroatoms. The third kappa shape index (κ3) is 1.82. The molecule has 0 atom stereocenters. The molecule has 0 aliphatic heterocycles. The Morgan fingerprint density at radius 2 is 2.06 bits per heavy atom. The van der Waals surface area contributed by atoms with E-state index in [0.29, 0.717) is 0 Å². The molecule has 1 fully saturated rings. The standard InChI is InChI=1S/C11H13F2NO2/c1-16-8-4-7(15)9(12)6(10(8)13)5-11(14)2-3-11/h4,15H,2-3,5,14H2,1H3. The van der Waals surface area contributed by atoms with E-state index in [1.165, 1.54) is 7.11 Å². The van der Waals surface area contributed by atoms with Gasteiger partial charge in [0.15, 0.2) is 23.1 Å². The van der Waals surface area contributed by atoms with Crippen LogP contribution in [0, 0.1) is 11.6 Å². The summed E-state index contributed by atoms with van der Waals surface area (Å²) in [4.78, 5) is 0. The Balaban J connectivity index is 2.44. The molecule has 88 valence electrons. The van der Waals surface area contributed by atoms with Crippen molar-refractivity contribution in [3.63, 3.8) is 0 Å². The van der Waals surface area contributed by atoms with E-state index in [9.17, 15) is 13.9 Å². The number of ether oxygens (including phenoxy) is 1. The van der Waals surface area contributed by atoms with Crippen LogP contribution in [0.15, 0.2) is 6.07 Å². The lowest BCUT2D eigenvalue weighted by atomic mass is 10.0. The van der Waals surface area contributed by atoms with Crippen molar-refractivity contribution in [1.82, 2.24) is 0 Å². The van der Waals surface area contributed by atoms with Crippen molar-refractivity contribution in [2.75, 3.05) is 7.11 Å². The molecule has 0 bridgehead atoms. The van der Waals surface area contributed by atoms with E-state index in [1.54, 1.807) is 0 Å². The van der Waals surface area contributed by atoms with Gasteiger partial charge in [-0.3, -0.25) is 0 Å². The average Bonchev–Trinajstić information content (AvgIpc) is 2.97. The van der Waals surface area contributed by atoms with Crippen molar-refractivity contribution in [2.24, 2.45) is 5.73 Å². The molecule has 0 saturated heterocycles. The summed E-state index contributed by atoms with van der Waals surface area (Å²) in [6, 6.07) is 0.921. The summed E-state index contributed by atoms with van der Waals surface area (Å²) in [5.74, 6) is -2.51. The second-order valence-electron chi connectivity index (χ2n) is 4.24. The fourth-order valence-electron chi connectivity index (χ4n) is 1.64. The molecule has 0 radical (unpaired) electrons. The minimum atomic E-state index is -0.949. The molecule has 1 aromatic rings. The number of hydrogen-bond donors (Lipinski definition) is 2. The zero-order valence-electron chi connectivity index (χ0n) is 8.89. The first-order valence-electron chi connectivity index (χ1n) is 4.99. The van der Waals surface area contributed by atoms with Crippen LogP contribution in [-0.4, -0.2) is 17.8 Å². The Morgan fingerprint density at radius 1 is 1.44 bits per heavy atom. The van der Waals surface area contributed by atoms with Gasteiger partial charge in [-0.15, -0.1) is 0 Å². The van der Waals surface area contributed by atoms with Gasteiger partial charge in [0.2, 0.25) is 0 Å². The van der Waals surface area contributed by atoms with Crippen LogP contribution < -0.4 is 10.5 Å². The van der Waals surface area contributed by atoms with Gasteiger partial charge in [0, 0.05) is 17.2 Å². The highest BCUT2D eigenvalue weighted by molar-refractivity contribution is 5.42. The number of phenolic OH excluding ortho intramolecular Hbond substituents is 1. The highest BCUT2D eigenvalue weighted by atomic mass is 19.1. The maximum Gasteiger partial charge on any atom is 0.171 e. The van der Waals surface area contributed by atoms with Crippen LogP contribution in [0.1, 0.15) is 18.4 Å². The Kier molecular flexibility index (Phi) is 2.50. The number of methoxy groups -OCH3 is 1.